The summed E-state index contributed by atoms with van der Waals surface area (Å²) in [6, 6.07) is 22.1. The van der Waals surface area contributed by atoms with Gasteiger partial charge in [-0.2, -0.15) is 0 Å². The smallest absolute Gasteiger partial charge is 0.317 e. The zero-order valence-electron chi connectivity index (χ0n) is 23.1. The summed E-state index contributed by atoms with van der Waals surface area (Å²) in [6.07, 6.45) is 2.24. The number of nitrogens with one attached hydrogen (secondary N) is 1. The number of nitrogens with zero attached hydrogens (tertiary/aromatic N) is 1. The number of anilines is 1. The Morgan fingerprint density at radius 2 is 1.78 bits per heavy atom. The molecule has 0 radical (unpaired) electrons. The minimum Gasteiger partial charge on any atom is -0.468 e. The lowest BCUT2D eigenvalue weighted by atomic mass is 9.66. The molecule has 1 N–H and O–H groups in total. The Kier molecular flexibility index (Phi) is 6.03. The highest BCUT2D eigenvalue weighted by Gasteiger charge is 2.48. The van der Waals surface area contributed by atoms with Gasteiger partial charge in [0.15, 0.2) is 17.3 Å². The van der Waals surface area contributed by atoms with Crippen LogP contribution < -0.4 is 14.8 Å². The van der Waals surface area contributed by atoms with Gasteiger partial charge in [-0.15, -0.1) is 0 Å². The predicted molar refractivity (Wildman–Crippen MR) is 155 cm³/mol. The molecular weight excluding hydrogens is 516 g/mol. The van der Waals surface area contributed by atoms with Gasteiger partial charge in [0.1, 0.15) is 5.92 Å². The number of aromatic nitrogens is 1. The molecule has 2 aliphatic heterocycles. The number of Topliss-reactive ketones (excluding diaryl/α,β-unsaturated/α-hetero) is 1. The molecule has 7 rings (SSSR count). The molecule has 0 bridgehead atoms. The lowest BCUT2D eigenvalue weighted by Gasteiger charge is -2.40. The van der Waals surface area contributed by atoms with E-state index in [1.165, 1.54) is 12.7 Å². The molecule has 206 valence electrons. The number of rotatable bonds is 4. The molecule has 41 heavy (non-hydrogen) atoms. The van der Waals surface area contributed by atoms with E-state index >= 15 is 0 Å². The van der Waals surface area contributed by atoms with E-state index < -0.39 is 17.8 Å². The van der Waals surface area contributed by atoms with Crippen molar-refractivity contribution in [1.82, 2.24) is 4.98 Å². The van der Waals surface area contributed by atoms with Gasteiger partial charge in [-0.25, -0.2) is 0 Å². The lowest BCUT2D eigenvalue weighted by molar-refractivity contribution is -0.149. The van der Waals surface area contributed by atoms with E-state index in [1.54, 1.807) is 6.20 Å². The van der Waals surface area contributed by atoms with Crippen LogP contribution in [0, 0.1) is 5.92 Å². The molecule has 1 aliphatic carbocycles. The number of benzene rings is 3. The second kappa shape index (κ2) is 9.77. The number of ether oxygens (including phenoxy) is 3. The molecule has 3 aliphatic rings. The van der Waals surface area contributed by atoms with Crippen molar-refractivity contribution in [3.8, 4) is 11.5 Å². The summed E-state index contributed by atoms with van der Waals surface area (Å²) < 4.78 is 16.4. The first-order valence-electron chi connectivity index (χ1n) is 13.9. The molecule has 7 nitrogen and oxygen atoms in total. The summed E-state index contributed by atoms with van der Waals surface area (Å²) in [5, 5.41) is 4.58. The summed E-state index contributed by atoms with van der Waals surface area (Å²) in [5.74, 6) is -0.903. The van der Waals surface area contributed by atoms with Crippen molar-refractivity contribution in [2.75, 3.05) is 19.2 Å². The molecule has 3 heterocycles. The van der Waals surface area contributed by atoms with Crippen LogP contribution in [0.4, 0.5) is 5.69 Å². The molecule has 7 heteroatoms. The van der Waals surface area contributed by atoms with E-state index in [0.717, 1.165) is 39.0 Å². The number of pyridine rings is 1. The fourth-order valence-corrected chi connectivity index (χ4v) is 6.54. The van der Waals surface area contributed by atoms with E-state index in [1.807, 2.05) is 42.5 Å². The molecule has 3 unspecified atom stereocenters. The van der Waals surface area contributed by atoms with Crippen molar-refractivity contribution in [3.63, 3.8) is 0 Å². The number of allylic oxidation sites excluding steroid dienone is 2. The highest BCUT2D eigenvalue weighted by molar-refractivity contribution is 6.13. The normalized spacial score (nSPS) is 21.0. The zero-order valence-corrected chi connectivity index (χ0v) is 23.1. The van der Waals surface area contributed by atoms with Gasteiger partial charge in [-0.1, -0.05) is 50.2 Å². The monoisotopic (exact) mass is 546 g/mol. The predicted octanol–water partition coefficient (Wildman–Crippen LogP) is 6.44. The van der Waals surface area contributed by atoms with Gasteiger partial charge in [-0.3, -0.25) is 14.6 Å². The molecule has 0 amide bonds. The molecule has 3 atom stereocenters. The van der Waals surface area contributed by atoms with Crippen LogP contribution in [-0.2, 0) is 14.3 Å². The molecule has 3 aromatic carbocycles. The highest BCUT2D eigenvalue weighted by Crippen LogP contribution is 2.52. The number of carbonyl (C=O) groups excluding carboxylic acids is 2. The van der Waals surface area contributed by atoms with E-state index in [9.17, 15) is 9.59 Å². The maximum Gasteiger partial charge on any atom is 0.317 e. The summed E-state index contributed by atoms with van der Waals surface area (Å²) in [5.41, 5.74) is 7.28. The molecule has 4 aromatic rings. The number of esters is 1. The Balaban J connectivity index is 1.43. The van der Waals surface area contributed by atoms with Gasteiger partial charge in [0, 0.05) is 40.4 Å². The van der Waals surface area contributed by atoms with Crippen LogP contribution in [0.25, 0.3) is 10.9 Å². The Morgan fingerprint density at radius 1 is 1.00 bits per heavy atom. The van der Waals surface area contributed by atoms with Gasteiger partial charge in [0.25, 0.3) is 0 Å². The van der Waals surface area contributed by atoms with Gasteiger partial charge in [0.2, 0.25) is 6.79 Å². The standard InChI is InChI=1S/C34H30N2O5/c1-18(2)19-6-8-20(9-7-19)29-30-22-5-4-14-35-24(22)11-12-25(30)36-26-16-23(31(34(38)39-3)33(37)32(26)29)21-10-13-27-28(15-21)41-17-40-27/h4-15,18,23,29,31,36H,16-17H2,1-3H3. The van der Waals surface area contributed by atoms with Crippen molar-refractivity contribution < 1.29 is 23.8 Å². The lowest BCUT2D eigenvalue weighted by Crippen LogP contribution is -2.40. The molecule has 0 fully saturated rings. The Hall–Kier alpha value is -4.65. The van der Waals surface area contributed by atoms with Crippen molar-refractivity contribution in [2.45, 2.75) is 38.0 Å². The average Bonchev–Trinajstić information content (AvgIpc) is 3.47. The van der Waals surface area contributed by atoms with Gasteiger partial charge in [-0.05, 0) is 64.9 Å². The molecule has 1 aromatic heterocycles. The van der Waals surface area contributed by atoms with Crippen molar-refractivity contribution in [3.05, 3.63) is 106 Å². The fraction of sp³-hybridized carbons (Fsp3) is 0.265. The summed E-state index contributed by atoms with van der Waals surface area (Å²) in [6.45, 7) is 4.48. The first-order valence-corrected chi connectivity index (χ1v) is 13.9. The molecule has 0 saturated carbocycles. The summed E-state index contributed by atoms with van der Waals surface area (Å²) in [7, 11) is 1.34. The molecular formula is C34H30N2O5. The van der Waals surface area contributed by atoms with E-state index in [2.05, 4.69) is 48.4 Å². The van der Waals surface area contributed by atoms with Crippen LogP contribution in [0.5, 0.6) is 11.5 Å². The Labute approximate surface area is 238 Å². The Morgan fingerprint density at radius 3 is 2.56 bits per heavy atom. The third-order valence-electron chi connectivity index (χ3n) is 8.61. The number of fused-ring (bicyclic) bond motifs is 4. The number of hydrogen-bond donors (Lipinski definition) is 1. The van der Waals surface area contributed by atoms with Gasteiger partial charge < -0.3 is 19.5 Å². The fourth-order valence-electron chi connectivity index (χ4n) is 6.54. The van der Waals surface area contributed by atoms with Crippen molar-refractivity contribution in [1.29, 1.82) is 0 Å². The first kappa shape index (κ1) is 25.3. The maximum absolute atomic E-state index is 14.6. The second-order valence-corrected chi connectivity index (χ2v) is 11.2. The minimum atomic E-state index is -0.993. The van der Waals surface area contributed by atoms with Gasteiger partial charge >= 0.3 is 5.97 Å². The van der Waals surface area contributed by atoms with Crippen LogP contribution >= 0.6 is 0 Å². The number of carbonyl (C=O) groups is 2. The van der Waals surface area contributed by atoms with E-state index in [4.69, 9.17) is 14.2 Å². The summed E-state index contributed by atoms with van der Waals surface area (Å²) >= 11 is 0. The topological polar surface area (TPSA) is 86.8 Å². The van der Waals surface area contributed by atoms with Crippen molar-refractivity contribution >= 4 is 28.3 Å². The molecule has 0 spiro atoms. The zero-order chi connectivity index (χ0) is 28.2. The average molecular weight is 547 g/mol. The third-order valence-corrected chi connectivity index (χ3v) is 8.61. The number of methoxy groups -OCH3 is 1. The van der Waals surface area contributed by atoms with Gasteiger partial charge in [0.05, 0.1) is 12.6 Å². The van der Waals surface area contributed by atoms with Crippen LogP contribution in [0.3, 0.4) is 0 Å². The SMILES string of the molecule is COC(=O)C1C(=O)C2=C(CC1c1ccc3c(c1)OCO3)Nc1ccc3ncccc3c1C2c1ccc(C(C)C)cc1. The van der Waals surface area contributed by atoms with E-state index in [0.29, 0.717) is 29.4 Å². The first-order chi connectivity index (χ1) is 19.9. The van der Waals surface area contributed by atoms with E-state index in [-0.39, 0.29) is 18.5 Å². The minimum absolute atomic E-state index is 0.149. The van der Waals surface area contributed by atoms with Crippen LogP contribution in [0.2, 0.25) is 0 Å². The van der Waals surface area contributed by atoms with Crippen LogP contribution in [-0.4, -0.2) is 30.6 Å². The second-order valence-electron chi connectivity index (χ2n) is 11.2. The Bertz CT molecular complexity index is 1740. The summed E-state index contributed by atoms with van der Waals surface area (Å²) in [4.78, 5) is 32.5. The maximum atomic E-state index is 14.6. The third kappa shape index (κ3) is 4.06. The molecule has 0 saturated heterocycles. The van der Waals surface area contributed by atoms with Crippen LogP contribution in [0.1, 0.15) is 60.3 Å². The number of hydrogen-bond acceptors (Lipinski definition) is 7. The van der Waals surface area contributed by atoms with Crippen LogP contribution in [0.15, 0.2) is 84.2 Å². The quantitative estimate of drug-likeness (QED) is 0.233. The van der Waals surface area contributed by atoms with Crippen molar-refractivity contribution in [2.24, 2.45) is 5.92 Å². The number of ketones is 1. The largest absolute Gasteiger partial charge is 0.468 e. The highest BCUT2D eigenvalue weighted by atomic mass is 16.7.